The highest BCUT2D eigenvalue weighted by Gasteiger charge is 2.66. The van der Waals surface area contributed by atoms with Gasteiger partial charge in [0.15, 0.2) is 8.32 Å². The van der Waals surface area contributed by atoms with Crippen LogP contribution in [0.3, 0.4) is 0 Å². The molecule has 0 radical (unpaired) electrons. The molecule has 2 aliphatic heterocycles. The molecule has 1 aliphatic carbocycles. The van der Waals surface area contributed by atoms with Crippen molar-refractivity contribution in [3.63, 3.8) is 0 Å². The van der Waals surface area contributed by atoms with Crippen molar-refractivity contribution in [3.8, 4) is 0 Å². The lowest BCUT2D eigenvalue weighted by atomic mass is 9.55. The molecule has 3 aliphatic rings. The number of ether oxygens (including phenoxy) is 2. The fourth-order valence-corrected chi connectivity index (χ4v) is 5.80. The lowest BCUT2D eigenvalue weighted by molar-refractivity contribution is -0.191. The molecule has 3 rings (SSSR count). The number of hydrogen-bond acceptors (Lipinski definition) is 3. The van der Waals surface area contributed by atoms with Crippen molar-refractivity contribution in [2.24, 2.45) is 10.8 Å². The number of hydrogen-bond donors (Lipinski definition) is 0. The van der Waals surface area contributed by atoms with Gasteiger partial charge in [-0.05, 0) is 42.5 Å². The predicted molar refractivity (Wildman–Crippen MR) is 95.6 cm³/mol. The minimum atomic E-state index is -1.83. The van der Waals surface area contributed by atoms with Gasteiger partial charge in [-0.3, -0.25) is 0 Å². The van der Waals surface area contributed by atoms with Crippen LogP contribution in [0.1, 0.15) is 60.8 Å². The first-order chi connectivity index (χ1) is 10.3. The average Bonchev–Trinajstić information content (AvgIpc) is 2.52. The van der Waals surface area contributed by atoms with E-state index in [1.165, 1.54) is 0 Å². The van der Waals surface area contributed by atoms with Crippen LogP contribution in [0.4, 0.5) is 0 Å². The van der Waals surface area contributed by atoms with E-state index in [2.05, 4.69) is 60.7 Å². The van der Waals surface area contributed by atoms with Gasteiger partial charge in [0.05, 0.1) is 12.4 Å². The quantitative estimate of drug-likeness (QED) is 0.645. The smallest absolute Gasteiger partial charge is 0.200 e. The summed E-state index contributed by atoms with van der Waals surface area (Å²) in [6.07, 6.45) is 7.22. The molecule has 0 unspecified atom stereocenters. The maximum Gasteiger partial charge on any atom is 0.200 e. The summed E-state index contributed by atoms with van der Waals surface area (Å²) in [6, 6.07) is 0. The number of rotatable bonds is 2. The van der Waals surface area contributed by atoms with E-state index >= 15 is 0 Å². The summed E-state index contributed by atoms with van der Waals surface area (Å²) in [4.78, 5) is 0. The van der Waals surface area contributed by atoms with Gasteiger partial charge in [0.2, 0.25) is 6.29 Å². The van der Waals surface area contributed by atoms with Gasteiger partial charge in [0.1, 0.15) is 5.60 Å². The van der Waals surface area contributed by atoms with Crippen molar-refractivity contribution in [1.29, 1.82) is 0 Å². The molecule has 4 heteroatoms. The first-order valence-electron chi connectivity index (χ1n) is 8.99. The van der Waals surface area contributed by atoms with Crippen LogP contribution in [0.15, 0.2) is 12.3 Å². The second kappa shape index (κ2) is 4.86. The molecule has 1 saturated heterocycles. The van der Waals surface area contributed by atoms with Gasteiger partial charge >= 0.3 is 0 Å². The predicted octanol–water partition coefficient (Wildman–Crippen LogP) is 5.23. The Morgan fingerprint density at radius 1 is 1.13 bits per heavy atom. The van der Waals surface area contributed by atoms with Crippen molar-refractivity contribution in [3.05, 3.63) is 12.3 Å². The van der Waals surface area contributed by atoms with E-state index in [0.717, 1.165) is 19.3 Å². The molecule has 4 atom stereocenters. The highest BCUT2D eigenvalue weighted by molar-refractivity contribution is 6.74. The van der Waals surface area contributed by atoms with Gasteiger partial charge in [-0.25, -0.2) is 0 Å². The Morgan fingerprint density at radius 2 is 1.78 bits per heavy atom. The maximum absolute atomic E-state index is 6.97. The molecule has 2 heterocycles. The van der Waals surface area contributed by atoms with Crippen molar-refractivity contribution in [2.45, 2.75) is 96.9 Å². The van der Waals surface area contributed by atoms with Crippen LogP contribution in [0.5, 0.6) is 0 Å². The van der Waals surface area contributed by atoms with E-state index in [9.17, 15) is 0 Å². The summed E-state index contributed by atoms with van der Waals surface area (Å²) in [6.45, 7) is 18.7. The van der Waals surface area contributed by atoms with Gasteiger partial charge in [-0.15, -0.1) is 0 Å². The third-order valence-electron chi connectivity index (χ3n) is 6.90. The topological polar surface area (TPSA) is 27.7 Å². The van der Waals surface area contributed by atoms with Gasteiger partial charge in [-0.1, -0.05) is 41.5 Å². The van der Waals surface area contributed by atoms with Crippen LogP contribution in [0.2, 0.25) is 18.1 Å². The molecule has 0 aromatic rings. The highest BCUT2D eigenvalue weighted by atomic mass is 28.4. The molecule has 132 valence electrons. The van der Waals surface area contributed by atoms with E-state index in [0.29, 0.717) is 0 Å². The van der Waals surface area contributed by atoms with Crippen molar-refractivity contribution in [1.82, 2.24) is 0 Å². The van der Waals surface area contributed by atoms with E-state index in [-0.39, 0.29) is 33.9 Å². The molecular formula is C19H34O3Si. The molecule has 0 aromatic heterocycles. The molecule has 2 fully saturated rings. The third-order valence-corrected chi connectivity index (χ3v) is 11.4. The standard InChI is InChI=1S/C19H34O3Si/c1-16(2,3)23(7,8)22-14-11-17(4,5)13-19-9-10-20-15(21-19)12-18(14,19)6/h9-10,14-15H,11-13H2,1-8H3/t14-,15+,18+,19-/m0/s1. The lowest BCUT2D eigenvalue weighted by Crippen LogP contribution is -2.60. The molecule has 23 heavy (non-hydrogen) atoms. The fourth-order valence-electron chi connectivity index (χ4n) is 4.39. The molecule has 3 nitrogen and oxygen atoms in total. The summed E-state index contributed by atoms with van der Waals surface area (Å²) in [5.41, 5.74) is -0.0243. The molecular weight excluding hydrogens is 304 g/mol. The molecule has 1 saturated carbocycles. The Kier molecular flexibility index (Phi) is 3.70. The SMILES string of the molecule is CC1(C)C[C@H](O[Si](C)(C)C(C)(C)C)[C@@]2(C)C[C@@H]3OC=C[C@@]2(C1)O3. The monoisotopic (exact) mass is 338 g/mol. The van der Waals surface area contributed by atoms with E-state index in [1.54, 1.807) is 0 Å². The second-order valence-electron chi connectivity index (χ2n) is 10.4. The van der Waals surface area contributed by atoms with Gasteiger partial charge in [-0.2, -0.15) is 0 Å². The van der Waals surface area contributed by atoms with Crippen LogP contribution < -0.4 is 0 Å². The Hall–Kier alpha value is -0.323. The van der Waals surface area contributed by atoms with Gasteiger partial charge < -0.3 is 13.9 Å². The average molecular weight is 339 g/mol. The van der Waals surface area contributed by atoms with Crippen LogP contribution in [-0.2, 0) is 13.9 Å². The van der Waals surface area contributed by atoms with Gasteiger partial charge in [0.25, 0.3) is 0 Å². The van der Waals surface area contributed by atoms with E-state index < -0.39 is 8.32 Å². The minimum absolute atomic E-state index is 0.00426. The summed E-state index contributed by atoms with van der Waals surface area (Å²) in [5.74, 6) is 0. The lowest BCUT2D eigenvalue weighted by Gasteiger charge is -2.56. The molecule has 0 N–H and O–H groups in total. The zero-order chi connectivity index (χ0) is 17.3. The Morgan fingerprint density at radius 3 is 2.39 bits per heavy atom. The number of fused-ring (bicyclic) bond motifs is 1. The van der Waals surface area contributed by atoms with Crippen LogP contribution in [-0.4, -0.2) is 26.3 Å². The normalized spacial score (nSPS) is 42.3. The molecule has 0 amide bonds. The largest absolute Gasteiger partial charge is 0.473 e. The van der Waals surface area contributed by atoms with E-state index in [1.807, 2.05) is 6.26 Å². The highest BCUT2D eigenvalue weighted by Crippen LogP contribution is 2.63. The fraction of sp³-hybridized carbons (Fsp3) is 0.895. The van der Waals surface area contributed by atoms with Gasteiger partial charge in [0, 0.05) is 11.8 Å². The molecule has 0 aromatic carbocycles. The maximum atomic E-state index is 6.97. The zero-order valence-corrected chi connectivity index (χ0v) is 17.2. The first-order valence-corrected chi connectivity index (χ1v) is 11.9. The van der Waals surface area contributed by atoms with Crippen molar-refractivity contribution in [2.75, 3.05) is 0 Å². The summed E-state index contributed by atoms with van der Waals surface area (Å²) in [5, 5.41) is 0.221. The van der Waals surface area contributed by atoms with Crippen LogP contribution in [0, 0.1) is 10.8 Å². The van der Waals surface area contributed by atoms with Crippen LogP contribution >= 0.6 is 0 Å². The second-order valence-corrected chi connectivity index (χ2v) is 15.2. The summed E-state index contributed by atoms with van der Waals surface area (Å²) < 4.78 is 19.0. The molecule has 2 bridgehead atoms. The minimum Gasteiger partial charge on any atom is -0.473 e. The first kappa shape index (κ1) is 17.5. The van der Waals surface area contributed by atoms with Crippen LogP contribution in [0.25, 0.3) is 0 Å². The van der Waals surface area contributed by atoms with Crippen molar-refractivity contribution >= 4 is 8.32 Å². The zero-order valence-electron chi connectivity index (χ0n) is 16.2. The van der Waals surface area contributed by atoms with E-state index in [4.69, 9.17) is 13.9 Å². The summed E-state index contributed by atoms with van der Waals surface area (Å²) in [7, 11) is -1.83. The molecule has 1 spiro atoms. The third kappa shape index (κ3) is 2.61. The Balaban J connectivity index is 1.98. The summed E-state index contributed by atoms with van der Waals surface area (Å²) >= 11 is 0. The Bertz CT molecular complexity index is 519. The van der Waals surface area contributed by atoms with Crippen molar-refractivity contribution < 1.29 is 13.9 Å². The Labute approximate surface area is 142 Å².